The van der Waals surface area contributed by atoms with E-state index in [0.717, 1.165) is 29.4 Å². The van der Waals surface area contributed by atoms with Crippen molar-refractivity contribution in [1.29, 1.82) is 0 Å². The van der Waals surface area contributed by atoms with Crippen molar-refractivity contribution in [2.45, 2.75) is 35.6 Å². The Hall–Kier alpha value is -1.10. The molecular weight excluding hydrogens is 312 g/mol. The van der Waals surface area contributed by atoms with E-state index in [4.69, 9.17) is 17.3 Å². The van der Waals surface area contributed by atoms with Gasteiger partial charge in [0.15, 0.2) is 0 Å². The highest BCUT2D eigenvalue weighted by molar-refractivity contribution is 7.99. The summed E-state index contributed by atoms with van der Waals surface area (Å²) >= 11 is 7.41. The lowest BCUT2D eigenvalue weighted by Crippen LogP contribution is -2.21. The van der Waals surface area contributed by atoms with Crippen LogP contribution in [0.1, 0.15) is 18.9 Å². The highest BCUT2D eigenvalue weighted by Gasteiger charge is 2.10. The number of rotatable bonds is 5. The average Bonchev–Trinajstić information content (AvgIpc) is 2.44. The van der Waals surface area contributed by atoms with Crippen molar-refractivity contribution in [1.82, 2.24) is 0 Å². The Labute approximate surface area is 132 Å². The summed E-state index contributed by atoms with van der Waals surface area (Å²) in [5.41, 5.74) is 6.97. The summed E-state index contributed by atoms with van der Waals surface area (Å²) in [6.07, 6.45) is 1.65. The number of benzene rings is 2. The van der Waals surface area contributed by atoms with Gasteiger partial charge in [-0.05, 0) is 42.7 Å². The Morgan fingerprint density at radius 3 is 2.48 bits per heavy atom. The first-order valence-electron chi connectivity index (χ1n) is 6.66. The molecule has 0 heterocycles. The molecule has 0 radical (unpaired) electrons. The van der Waals surface area contributed by atoms with Gasteiger partial charge in [-0.15, -0.1) is 0 Å². The minimum absolute atomic E-state index is 0.106. The first-order valence-corrected chi connectivity index (χ1v) is 7.86. The van der Waals surface area contributed by atoms with E-state index < -0.39 is 11.6 Å². The van der Waals surface area contributed by atoms with Gasteiger partial charge in [-0.2, -0.15) is 0 Å². The van der Waals surface area contributed by atoms with Crippen LogP contribution < -0.4 is 5.73 Å². The molecule has 0 aromatic heterocycles. The van der Waals surface area contributed by atoms with Gasteiger partial charge < -0.3 is 5.73 Å². The molecule has 0 saturated carbocycles. The molecule has 2 aromatic carbocycles. The van der Waals surface area contributed by atoms with E-state index in [1.807, 2.05) is 25.1 Å². The summed E-state index contributed by atoms with van der Waals surface area (Å²) in [6.45, 7) is 2.04. The third-order valence-electron chi connectivity index (χ3n) is 3.13. The molecule has 1 nitrogen and oxygen atoms in total. The molecule has 0 fully saturated rings. The highest BCUT2D eigenvalue weighted by atomic mass is 35.5. The Bertz CT molecular complexity index is 634. The second-order valence-electron chi connectivity index (χ2n) is 4.81. The Morgan fingerprint density at radius 1 is 1.14 bits per heavy atom. The molecular formula is C16H16ClF2NS. The summed E-state index contributed by atoms with van der Waals surface area (Å²) in [5, 5.41) is 0.546. The topological polar surface area (TPSA) is 26.0 Å². The zero-order chi connectivity index (χ0) is 15.4. The van der Waals surface area contributed by atoms with Crippen molar-refractivity contribution in [2.75, 3.05) is 0 Å². The van der Waals surface area contributed by atoms with E-state index in [0.29, 0.717) is 9.92 Å². The lowest BCUT2D eigenvalue weighted by Gasteiger charge is -2.11. The van der Waals surface area contributed by atoms with E-state index in [-0.39, 0.29) is 6.04 Å². The van der Waals surface area contributed by atoms with E-state index in [1.165, 1.54) is 23.9 Å². The molecule has 0 aliphatic rings. The average molecular weight is 328 g/mol. The molecule has 2 rings (SSSR count). The molecule has 2 aromatic rings. The lowest BCUT2D eigenvalue weighted by molar-refractivity contribution is 0.565. The van der Waals surface area contributed by atoms with E-state index >= 15 is 0 Å². The van der Waals surface area contributed by atoms with Crippen molar-refractivity contribution in [2.24, 2.45) is 5.73 Å². The fourth-order valence-corrected chi connectivity index (χ4v) is 3.02. The lowest BCUT2D eigenvalue weighted by atomic mass is 10.1. The summed E-state index contributed by atoms with van der Waals surface area (Å²) in [5.74, 6) is -1.18. The van der Waals surface area contributed by atoms with Crippen LogP contribution in [0.3, 0.4) is 0 Å². The minimum atomic E-state index is -0.591. The van der Waals surface area contributed by atoms with Crippen LogP contribution >= 0.6 is 23.4 Å². The van der Waals surface area contributed by atoms with Crippen LogP contribution in [-0.2, 0) is 6.42 Å². The molecule has 0 spiro atoms. The largest absolute Gasteiger partial charge is 0.327 e. The van der Waals surface area contributed by atoms with Gasteiger partial charge in [-0.25, -0.2) is 8.78 Å². The van der Waals surface area contributed by atoms with Crippen LogP contribution in [0.4, 0.5) is 8.78 Å². The highest BCUT2D eigenvalue weighted by Crippen LogP contribution is 2.35. The van der Waals surface area contributed by atoms with Gasteiger partial charge in [0, 0.05) is 21.9 Å². The number of hydrogen-bond acceptors (Lipinski definition) is 2. The smallest absolute Gasteiger partial charge is 0.140 e. The van der Waals surface area contributed by atoms with Crippen molar-refractivity contribution in [3.8, 4) is 0 Å². The van der Waals surface area contributed by atoms with Crippen LogP contribution in [0.15, 0.2) is 46.2 Å². The minimum Gasteiger partial charge on any atom is -0.327 e. The Balaban J connectivity index is 2.17. The van der Waals surface area contributed by atoms with Crippen molar-refractivity contribution in [3.05, 3.63) is 58.6 Å². The van der Waals surface area contributed by atoms with E-state index in [2.05, 4.69) is 0 Å². The first kappa shape index (κ1) is 16.3. The molecule has 1 atom stereocenters. The fraction of sp³-hybridized carbons (Fsp3) is 0.250. The van der Waals surface area contributed by atoms with Crippen LogP contribution in [0.2, 0.25) is 5.02 Å². The van der Waals surface area contributed by atoms with Gasteiger partial charge >= 0.3 is 0 Å². The zero-order valence-corrected chi connectivity index (χ0v) is 13.1. The van der Waals surface area contributed by atoms with Crippen LogP contribution in [0, 0.1) is 11.6 Å². The molecule has 0 aliphatic heterocycles. The Kier molecular flexibility index (Phi) is 5.62. The van der Waals surface area contributed by atoms with Crippen molar-refractivity contribution < 1.29 is 8.78 Å². The predicted octanol–water partition coefficient (Wildman–Crippen LogP) is 5.05. The fourth-order valence-electron chi connectivity index (χ4n) is 1.88. The maximum absolute atomic E-state index is 13.6. The SMILES string of the molecule is CCC(N)Cc1ccc(Sc2ccc(F)cc2F)c(Cl)c1. The standard InChI is InChI=1S/C16H16ClF2NS/c1-2-12(20)7-10-3-5-15(13(17)8-10)21-16-6-4-11(18)9-14(16)19/h3-6,8-9,12H,2,7,20H2,1H3. The van der Waals surface area contributed by atoms with Gasteiger partial charge in [0.25, 0.3) is 0 Å². The normalized spacial score (nSPS) is 12.4. The van der Waals surface area contributed by atoms with Gasteiger partial charge in [0.05, 0.1) is 5.02 Å². The summed E-state index contributed by atoms with van der Waals surface area (Å²) in [7, 11) is 0. The molecule has 21 heavy (non-hydrogen) atoms. The van der Waals surface area contributed by atoms with Crippen LogP contribution in [-0.4, -0.2) is 6.04 Å². The quantitative estimate of drug-likeness (QED) is 0.831. The maximum Gasteiger partial charge on any atom is 0.140 e. The molecule has 1 unspecified atom stereocenters. The zero-order valence-electron chi connectivity index (χ0n) is 11.6. The van der Waals surface area contributed by atoms with E-state index in [1.54, 1.807) is 0 Å². The molecule has 2 N–H and O–H groups in total. The summed E-state index contributed by atoms with van der Waals surface area (Å²) < 4.78 is 26.5. The maximum atomic E-state index is 13.6. The molecule has 0 saturated heterocycles. The Morgan fingerprint density at radius 2 is 1.86 bits per heavy atom. The van der Waals surface area contributed by atoms with Crippen molar-refractivity contribution in [3.63, 3.8) is 0 Å². The summed E-state index contributed by atoms with van der Waals surface area (Å²) in [6, 6.07) is 9.24. The molecule has 0 bridgehead atoms. The van der Waals surface area contributed by atoms with Crippen molar-refractivity contribution >= 4 is 23.4 Å². The number of hydrogen-bond donors (Lipinski definition) is 1. The predicted molar refractivity (Wildman–Crippen MR) is 83.9 cm³/mol. The van der Waals surface area contributed by atoms with Crippen LogP contribution in [0.5, 0.6) is 0 Å². The second-order valence-corrected chi connectivity index (χ2v) is 6.31. The molecule has 0 aliphatic carbocycles. The van der Waals surface area contributed by atoms with E-state index in [9.17, 15) is 8.78 Å². The van der Waals surface area contributed by atoms with Gasteiger partial charge in [0.2, 0.25) is 0 Å². The van der Waals surface area contributed by atoms with Gasteiger partial charge in [-0.3, -0.25) is 0 Å². The number of halogens is 3. The monoisotopic (exact) mass is 327 g/mol. The van der Waals surface area contributed by atoms with Crippen LogP contribution in [0.25, 0.3) is 0 Å². The third kappa shape index (κ3) is 4.43. The summed E-state index contributed by atoms with van der Waals surface area (Å²) in [4.78, 5) is 1.08. The van der Waals surface area contributed by atoms with Gasteiger partial charge in [-0.1, -0.05) is 36.4 Å². The number of nitrogens with two attached hydrogens (primary N) is 1. The molecule has 5 heteroatoms. The first-order chi connectivity index (χ1) is 9.99. The second kappa shape index (κ2) is 7.25. The molecule has 0 amide bonds. The third-order valence-corrected chi connectivity index (χ3v) is 4.68. The molecule has 112 valence electrons. The van der Waals surface area contributed by atoms with Gasteiger partial charge in [0.1, 0.15) is 11.6 Å².